The lowest BCUT2D eigenvalue weighted by atomic mass is 10.0. The van der Waals surface area contributed by atoms with Gasteiger partial charge >= 0.3 is 0 Å². The summed E-state index contributed by atoms with van der Waals surface area (Å²) < 4.78 is 0. The lowest BCUT2D eigenvalue weighted by Crippen LogP contribution is -2.10. The van der Waals surface area contributed by atoms with Crippen molar-refractivity contribution in [1.29, 1.82) is 0 Å². The quantitative estimate of drug-likeness (QED) is 0.117. The van der Waals surface area contributed by atoms with E-state index < -0.39 is 0 Å². The predicted molar refractivity (Wildman–Crippen MR) is 235 cm³/mol. The average molecular weight is 701 g/mol. The van der Waals surface area contributed by atoms with Gasteiger partial charge in [0.1, 0.15) is 0 Å². The number of rotatable bonds is 12. The fourth-order valence-electron chi connectivity index (χ4n) is 6.67. The van der Waals surface area contributed by atoms with Crippen molar-refractivity contribution in [2.75, 3.05) is 9.80 Å². The summed E-state index contributed by atoms with van der Waals surface area (Å²) in [4.78, 5) is 4.65. The zero-order chi connectivity index (χ0) is 37.3. The molecule has 0 aliphatic carbocycles. The van der Waals surface area contributed by atoms with Crippen LogP contribution in [0.25, 0.3) is 24.3 Å². The number of anilines is 6. The molecule has 266 valence electrons. The normalized spacial score (nSPS) is 11.5. The Morgan fingerprint density at radius 1 is 0.296 bits per heavy atom. The van der Waals surface area contributed by atoms with Gasteiger partial charge in [-0.25, -0.2) is 0 Å². The van der Waals surface area contributed by atoms with E-state index in [9.17, 15) is 0 Å². The molecule has 54 heavy (non-hydrogen) atoms. The lowest BCUT2D eigenvalue weighted by molar-refractivity contribution is 0.866. The molecule has 0 fully saturated rings. The molecule has 0 bridgehead atoms. The van der Waals surface area contributed by atoms with Crippen LogP contribution in [0.3, 0.4) is 0 Å². The molecule has 0 aromatic heterocycles. The Labute approximate surface area is 322 Å². The van der Waals surface area contributed by atoms with Crippen molar-refractivity contribution in [2.24, 2.45) is 0 Å². The Bertz CT molecular complexity index is 2130. The summed E-state index contributed by atoms with van der Waals surface area (Å²) in [6, 6.07) is 65.2. The van der Waals surface area contributed by atoms with Gasteiger partial charge in [-0.15, -0.1) is 0 Å². The first-order valence-corrected chi connectivity index (χ1v) is 19.0. The Hall–Kier alpha value is -6.38. The van der Waals surface area contributed by atoms with Crippen molar-refractivity contribution in [3.05, 3.63) is 215 Å². The molecule has 2 nitrogen and oxygen atoms in total. The van der Waals surface area contributed by atoms with Crippen LogP contribution in [0.4, 0.5) is 34.1 Å². The molecule has 0 atom stereocenters. The molecule has 0 spiro atoms. The van der Waals surface area contributed by atoms with Crippen LogP contribution < -0.4 is 9.80 Å². The van der Waals surface area contributed by atoms with Gasteiger partial charge in [0.15, 0.2) is 0 Å². The number of nitrogens with zero attached hydrogens (tertiary/aromatic N) is 2. The molecule has 0 aliphatic rings. The van der Waals surface area contributed by atoms with Gasteiger partial charge in [-0.2, -0.15) is 0 Å². The Kier molecular flexibility index (Phi) is 11.3. The number of para-hydroxylation sites is 2. The third-order valence-electron chi connectivity index (χ3n) is 9.79. The maximum atomic E-state index is 2.33. The molecule has 7 rings (SSSR count). The second-order valence-corrected chi connectivity index (χ2v) is 14.4. The molecule has 0 N–H and O–H groups in total. The van der Waals surface area contributed by atoms with Crippen LogP contribution in [0.5, 0.6) is 0 Å². The summed E-state index contributed by atoms with van der Waals surface area (Å²) in [6.07, 6.45) is 8.72. The minimum atomic E-state index is 0.467. The SMILES string of the molecule is CC(C)c1cccc(N(c2ccccc2)c2ccc(C=Cc3ccc(C=Cc4ccc(N(c5ccccc5)c5cccc(C(C)C)c5)cc4)cc3)cc2)c1. The van der Waals surface area contributed by atoms with E-state index in [2.05, 4.69) is 244 Å². The molecule has 7 aromatic carbocycles. The molecular weight excluding hydrogens is 653 g/mol. The molecule has 0 saturated heterocycles. The van der Waals surface area contributed by atoms with Crippen molar-refractivity contribution in [2.45, 2.75) is 39.5 Å². The highest BCUT2D eigenvalue weighted by Crippen LogP contribution is 2.37. The van der Waals surface area contributed by atoms with Crippen LogP contribution in [0.15, 0.2) is 182 Å². The van der Waals surface area contributed by atoms with Gasteiger partial charge in [0, 0.05) is 34.1 Å². The second-order valence-electron chi connectivity index (χ2n) is 14.4. The van der Waals surface area contributed by atoms with Crippen molar-refractivity contribution in [1.82, 2.24) is 0 Å². The van der Waals surface area contributed by atoms with Crippen LogP contribution in [0.1, 0.15) is 72.9 Å². The van der Waals surface area contributed by atoms with Crippen molar-refractivity contribution < 1.29 is 0 Å². The topological polar surface area (TPSA) is 6.48 Å². The van der Waals surface area contributed by atoms with Gasteiger partial charge in [0.25, 0.3) is 0 Å². The fraction of sp³-hybridized carbons (Fsp3) is 0.115. The van der Waals surface area contributed by atoms with E-state index in [0.717, 1.165) is 33.9 Å². The van der Waals surface area contributed by atoms with Gasteiger partial charge in [-0.3, -0.25) is 0 Å². The van der Waals surface area contributed by atoms with Crippen LogP contribution in [0.2, 0.25) is 0 Å². The molecule has 0 amide bonds. The van der Waals surface area contributed by atoms with Crippen molar-refractivity contribution in [3.63, 3.8) is 0 Å². The van der Waals surface area contributed by atoms with Crippen LogP contribution in [-0.2, 0) is 0 Å². The summed E-state index contributed by atoms with van der Waals surface area (Å²) in [6.45, 7) is 8.97. The van der Waals surface area contributed by atoms with E-state index in [1.807, 2.05) is 0 Å². The van der Waals surface area contributed by atoms with Crippen molar-refractivity contribution >= 4 is 58.4 Å². The molecule has 0 saturated carbocycles. The fourth-order valence-corrected chi connectivity index (χ4v) is 6.67. The highest BCUT2D eigenvalue weighted by molar-refractivity contribution is 5.80. The molecule has 0 radical (unpaired) electrons. The molecule has 0 heterocycles. The highest BCUT2D eigenvalue weighted by atomic mass is 15.1. The van der Waals surface area contributed by atoms with Crippen LogP contribution in [0, 0.1) is 0 Å². The third kappa shape index (κ3) is 8.80. The lowest BCUT2D eigenvalue weighted by Gasteiger charge is -2.26. The Balaban J connectivity index is 1.03. The molecule has 7 aromatic rings. The van der Waals surface area contributed by atoms with Crippen LogP contribution >= 0.6 is 0 Å². The maximum absolute atomic E-state index is 2.33. The molecule has 2 heteroatoms. The third-order valence-corrected chi connectivity index (χ3v) is 9.79. The zero-order valence-corrected chi connectivity index (χ0v) is 31.7. The largest absolute Gasteiger partial charge is 0.310 e. The van der Waals surface area contributed by atoms with Crippen molar-refractivity contribution in [3.8, 4) is 0 Å². The second kappa shape index (κ2) is 17.0. The van der Waals surface area contributed by atoms with Gasteiger partial charge in [-0.1, -0.05) is 161 Å². The van der Waals surface area contributed by atoms with Gasteiger partial charge in [-0.05, 0) is 118 Å². The number of hydrogen-bond donors (Lipinski definition) is 0. The zero-order valence-electron chi connectivity index (χ0n) is 31.7. The number of hydrogen-bond acceptors (Lipinski definition) is 2. The Morgan fingerprint density at radius 2 is 0.574 bits per heavy atom. The average Bonchev–Trinajstić information content (AvgIpc) is 3.22. The van der Waals surface area contributed by atoms with E-state index in [1.54, 1.807) is 0 Å². The minimum absolute atomic E-state index is 0.467. The van der Waals surface area contributed by atoms with E-state index >= 15 is 0 Å². The summed E-state index contributed by atoms with van der Waals surface area (Å²) >= 11 is 0. The van der Waals surface area contributed by atoms with E-state index in [1.165, 1.54) is 33.6 Å². The van der Waals surface area contributed by atoms with E-state index in [0.29, 0.717) is 11.8 Å². The smallest absolute Gasteiger partial charge is 0.0464 e. The van der Waals surface area contributed by atoms with Gasteiger partial charge < -0.3 is 9.80 Å². The summed E-state index contributed by atoms with van der Waals surface area (Å²) in [5, 5.41) is 0. The first kappa shape index (κ1) is 36.0. The standard InChI is InChI=1S/C52H48N2/c1-39(2)45-13-11-19-51(37-45)53(47-15-7-5-8-16-47)49-33-29-43(30-34-49)27-25-41-21-23-42(24-22-41)26-28-44-31-35-50(36-32-44)54(48-17-9-6-10-18-48)52-20-12-14-46(38-52)40(3)4/h5-40H,1-4H3. The van der Waals surface area contributed by atoms with E-state index in [4.69, 9.17) is 0 Å². The summed E-state index contributed by atoms with van der Waals surface area (Å²) in [5.74, 6) is 0.933. The summed E-state index contributed by atoms with van der Waals surface area (Å²) in [5.41, 5.74) is 14.2. The van der Waals surface area contributed by atoms with Crippen LogP contribution in [-0.4, -0.2) is 0 Å². The Morgan fingerprint density at radius 3 is 0.889 bits per heavy atom. The molecule has 0 aliphatic heterocycles. The first-order chi connectivity index (χ1) is 26.4. The van der Waals surface area contributed by atoms with Gasteiger partial charge in [0.2, 0.25) is 0 Å². The maximum Gasteiger partial charge on any atom is 0.0464 e. The van der Waals surface area contributed by atoms with E-state index in [-0.39, 0.29) is 0 Å². The number of benzene rings is 7. The first-order valence-electron chi connectivity index (χ1n) is 19.0. The highest BCUT2D eigenvalue weighted by Gasteiger charge is 2.15. The monoisotopic (exact) mass is 700 g/mol. The minimum Gasteiger partial charge on any atom is -0.310 e. The molecule has 0 unspecified atom stereocenters. The van der Waals surface area contributed by atoms with Gasteiger partial charge in [0.05, 0.1) is 0 Å². The molecular formula is C52H48N2. The summed E-state index contributed by atoms with van der Waals surface area (Å²) in [7, 11) is 0. The predicted octanol–water partition coefficient (Wildman–Crippen LogP) is 15.2.